The average Bonchev–Trinajstić information content (AvgIpc) is 3.11. The third-order valence-electron chi connectivity index (χ3n) is 5.07. The Labute approximate surface area is 153 Å². The monoisotopic (exact) mass is 344 g/mol. The quantitative estimate of drug-likeness (QED) is 0.381. The molecule has 0 unspecified atom stereocenters. The van der Waals surface area contributed by atoms with Gasteiger partial charge in [-0.3, -0.25) is 0 Å². The van der Waals surface area contributed by atoms with Crippen molar-refractivity contribution < 1.29 is 5.11 Å². The van der Waals surface area contributed by atoms with Crippen LogP contribution < -0.4 is 0 Å². The lowest BCUT2D eigenvalue weighted by Gasteiger charge is -2.12. The number of hydrogen-bond acceptors (Lipinski definition) is 2. The van der Waals surface area contributed by atoms with Gasteiger partial charge in [0, 0.05) is 25.0 Å². The van der Waals surface area contributed by atoms with Crippen molar-refractivity contribution in [1.82, 2.24) is 9.55 Å². The lowest BCUT2D eigenvalue weighted by atomic mass is 9.99. The fourth-order valence-corrected chi connectivity index (χ4v) is 3.65. The normalized spacial score (nSPS) is 11.4. The summed E-state index contributed by atoms with van der Waals surface area (Å²) in [5.74, 6) is 0. The molecule has 0 amide bonds. The minimum atomic E-state index is 0.281. The van der Waals surface area contributed by atoms with E-state index in [0.717, 1.165) is 32.2 Å². The lowest BCUT2D eigenvalue weighted by molar-refractivity contribution is 0.283. The van der Waals surface area contributed by atoms with Crippen molar-refractivity contribution in [2.75, 3.05) is 6.61 Å². The van der Waals surface area contributed by atoms with Crippen LogP contribution in [0.15, 0.2) is 67.1 Å². The minimum absolute atomic E-state index is 0.281. The van der Waals surface area contributed by atoms with E-state index in [1.165, 1.54) is 32.8 Å². The van der Waals surface area contributed by atoms with E-state index in [9.17, 15) is 0 Å². The Bertz CT molecular complexity index is 1020. The van der Waals surface area contributed by atoms with Gasteiger partial charge >= 0.3 is 0 Å². The van der Waals surface area contributed by atoms with Crippen LogP contribution >= 0.6 is 0 Å². The summed E-state index contributed by atoms with van der Waals surface area (Å²) in [6.07, 6.45) is 7.94. The summed E-state index contributed by atoms with van der Waals surface area (Å²) < 4.78 is 2.25. The molecule has 1 aromatic heterocycles. The number of fused-ring (bicyclic) bond motifs is 2. The second-order valence-electron chi connectivity index (χ2n) is 6.88. The van der Waals surface area contributed by atoms with E-state index in [1.807, 2.05) is 12.5 Å². The van der Waals surface area contributed by atoms with Gasteiger partial charge in [-0.2, -0.15) is 0 Å². The van der Waals surface area contributed by atoms with E-state index in [2.05, 4.69) is 64.1 Å². The highest BCUT2D eigenvalue weighted by atomic mass is 16.2. The maximum absolute atomic E-state index is 8.93. The van der Waals surface area contributed by atoms with Gasteiger partial charge in [0.05, 0.1) is 6.33 Å². The molecule has 3 nitrogen and oxygen atoms in total. The van der Waals surface area contributed by atoms with E-state index in [0.29, 0.717) is 0 Å². The number of hydrogen-bond donors (Lipinski definition) is 1. The number of aliphatic hydroxyl groups is 1. The summed E-state index contributed by atoms with van der Waals surface area (Å²) in [7, 11) is 0. The molecular formula is C23H24N2O. The maximum atomic E-state index is 8.93. The molecule has 0 aliphatic carbocycles. The second kappa shape index (κ2) is 7.71. The molecule has 4 rings (SSSR count). The zero-order valence-corrected chi connectivity index (χ0v) is 14.9. The molecule has 3 aromatic carbocycles. The van der Waals surface area contributed by atoms with Gasteiger partial charge in [-0.25, -0.2) is 4.98 Å². The highest BCUT2D eigenvalue weighted by molar-refractivity contribution is 5.99. The number of rotatable bonds is 7. The molecule has 0 aliphatic heterocycles. The molecule has 0 aliphatic rings. The van der Waals surface area contributed by atoms with E-state index >= 15 is 0 Å². The smallest absolute Gasteiger partial charge is 0.0951 e. The minimum Gasteiger partial charge on any atom is -0.396 e. The van der Waals surface area contributed by atoms with E-state index in [4.69, 9.17) is 5.11 Å². The van der Waals surface area contributed by atoms with Gasteiger partial charge in [0.25, 0.3) is 0 Å². The standard InChI is InChI=1S/C23H24N2O/c26-12-5-1-2-11-22-15-24-17-25(22)16-21-10-6-9-20-13-18-7-3-4-8-19(18)14-23(20)21/h3-4,6-10,13-15,17,26H,1-2,5,11-12,16H2. The highest BCUT2D eigenvalue weighted by Gasteiger charge is 2.07. The van der Waals surface area contributed by atoms with E-state index in [-0.39, 0.29) is 6.61 Å². The molecule has 0 fully saturated rings. The summed E-state index contributed by atoms with van der Waals surface area (Å²) >= 11 is 0. The van der Waals surface area contributed by atoms with Crippen molar-refractivity contribution >= 4 is 21.5 Å². The molecule has 0 saturated carbocycles. The predicted octanol–water partition coefficient (Wildman–Crippen LogP) is 4.94. The van der Waals surface area contributed by atoms with Crippen LogP contribution in [0.5, 0.6) is 0 Å². The first-order valence-electron chi connectivity index (χ1n) is 9.35. The van der Waals surface area contributed by atoms with Crippen molar-refractivity contribution in [3.8, 4) is 0 Å². The first-order chi connectivity index (χ1) is 12.8. The molecule has 4 aromatic rings. The molecule has 0 bridgehead atoms. The van der Waals surface area contributed by atoms with Crippen molar-refractivity contribution in [1.29, 1.82) is 0 Å². The molecular weight excluding hydrogens is 320 g/mol. The molecule has 26 heavy (non-hydrogen) atoms. The van der Waals surface area contributed by atoms with Crippen LogP contribution in [0.3, 0.4) is 0 Å². The van der Waals surface area contributed by atoms with Gasteiger partial charge in [-0.15, -0.1) is 0 Å². The Balaban J connectivity index is 1.63. The number of nitrogens with zero attached hydrogens (tertiary/aromatic N) is 2. The molecule has 0 saturated heterocycles. The molecule has 0 atom stereocenters. The van der Waals surface area contributed by atoms with Gasteiger partial charge in [0.15, 0.2) is 0 Å². The third-order valence-corrected chi connectivity index (χ3v) is 5.07. The Hall–Kier alpha value is -2.65. The van der Waals surface area contributed by atoms with E-state index in [1.54, 1.807) is 0 Å². The van der Waals surface area contributed by atoms with Crippen molar-refractivity contribution in [2.45, 2.75) is 32.2 Å². The predicted molar refractivity (Wildman–Crippen MR) is 107 cm³/mol. The number of benzene rings is 3. The highest BCUT2D eigenvalue weighted by Crippen LogP contribution is 2.26. The number of aromatic nitrogens is 2. The van der Waals surface area contributed by atoms with Gasteiger partial charge in [0.2, 0.25) is 0 Å². The van der Waals surface area contributed by atoms with Crippen LogP contribution in [0.2, 0.25) is 0 Å². The van der Waals surface area contributed by atoms with Gasteiger partial charge in [0.1, 0.15) is 0 Å². The molecule has 1 heterocycles. The van der Waals surface area contributed by atoms with Crippen LogP contribution in [0.25, 0.3) is 21.5 Å². The largest absolute Gasteiger partial charge is 0.396 e. The number of imidazole rings is 1. The second-order valence-corrected chi connectivity index (χ2v) is 6.88. The van der Waals surface area contributed by atoms with Crippen LogP contribution in [0.1, 0.15) is 30.5 Å². The van der Waals surface area contributed by atoms with Crippen molar-refractivity contribution in [3.05, 3.63) is 78.4 Å². The third kappa shape index (κ3) is 3.49. The molecule has 3 heteroatoms. The zero-order chi connectivity index (χ0) is 17.8. The summed E-state index contributed by atoms with van der Waals surface area (Å²) in [6, 6.07) is 19.7. The number of aliphatic hydroxyl groups excluding tert-OH is 1. The number of unbranched alkanes of at least 4 members (excludes halogenated alkanes) is 2. The zero-order valence-electron chi connectivity index (χ0n) is 14.9. The van der Waals surface area contributed by atoms with Crippen LogP contribution in [0.4, 0.5) is 0 Å². The van der Waals surface area contributed by atoms with Gasteiger partial charge < -0.3 is 9.67 Å². The molecule has 1 N–H and O–H groups in total. The molecule has 0 radical (unpaired) electrons. The van der Waals surface area contributed by atoms with Crippen molar-refractivity contribution in [3.63, 3.8) is 0 Å². The fraction of sp³-hybridized carbons (Fsp3) is 0.261. The molecule has 0 spiro atoms. The average molecular weight is 344 g/mol. The Morgan fingerprint density at radius 3 is 2.50 bits per heavy atom. The van der Waals surface area contributed by atoms with E-state index < -0.39 is 0 Å². The first kappa shape index (κ1) is 16.8. The fourth-order valence-electron chi connectivity index (χ4n) is 3.65. The Morgan fingerprint density at radius 1 is 0.846 bits per heavy atom. The first-order valence-corrected chi connectivity index (χ1v) is 9.35. The summed E-state index contributed by atoms with van der Waals surface area (Å²) in [4.78, 5) is 4.36. The summed E-state index contributed by atoms with van der Waals surface area (Å²) in [5.41, 5.74) is 2.59. The van der Waals surface area contributed by atoms with Crippen LogP contribution in [0, 0.1) is 0 Å². The van der Waals surface area contributed by atoms with Crippen LogP contribution in [-0.4, -0.2) is 21.3 Å². The van der Waals surface area contributed by atoms with Gasteiger partial charge in [-0.1, -0.05) is 48.9 Å². The summed E-state index contributed by atoms with van der Waals surface area (Å²) in [6.45, 7) is 1.12. The SMILES string of the molecule is OCCCCCc1cncn1Cc1cccc2cc3ccccc3cc12. The summed E-state index contributed by atoms with van der Waals surface area (Å²) in [5, 5.41) is 14.1. The maximum Gasteiger partial charge on any atom is 0.0951 e. The Morgan fingerprint density at radius 2 is 1.65 bits per heavy atom. The number of aryl methyl sites for hydroxylation is 1. The topological polar surface area (TPSA) is 38.1 Å². The lowest BCUT2D eigenvalue weighted by Crippen LogP contribution is -2.04. The van der Waals surface area contributed by atoms with Gasteiger partial charge in [-0.05, 0) is 58.5 Å². The van der Waals surface area contributed by atoms with Crippen molar-refractivity contribution in [2.24, 2.45) is 0 Å². The molecule has 132 valence electrons. The van der Waals surface area contributed by atoms with Crippen LogP contribution in [-0.2, 0) is 13.0 Å². The Kier molecular flexibility index (Phi) is 4.98.